The molecule has 1 aromatic carbocycles. The molecule has 0 fully saturated rings. The van der Waals surface area contributed by atoms with E-state index in [0.29, 0.717) is 13.2 Å². The summed E-state index contributed by atoms with van der Waals surface area (Å²) in [5.74, 6) is 1.89. The quantitative estimate of drug-likeness (QED) is 0.835. The molecule has 1 N–H and O–H groups in total. The summed E-state index contributed by atoms with van der Waals surface area (Å²) in [4.78, 5) is 0. The van der Waals surface area contributed by atoms with Gasteiger partial charge < -0.3 is 14.8 Å². The van der Waals surface area contributed by atoms with Gasteiger partial charge in [0.05, 0.1) is 24.6 Å². The van der Waals surface area contributed by atoms with Crippen molar-refractivity contribution in [2.24, 2.45) is 0 Å². The molecular weight excluding hydrogens is 330 g/mol. The molecule has 0 saturated heterocycles. The molecule has 4 heteroatoms. The van der Waals surface area contributed by atoms with Crippen molar-refractivity contribution in [2.45, 2.75) is 33.6 Å². The zero-order valence-corrected chi connectivity index (χ0v) is 14.6. The van der Waals surface area contributed by atoms with Crippen molar-refractivity contribution in [1.29, 1.82) is 0 Å². The molecule has 1 aromatic rings. The molecule has 0 radical (unpaired) electrons. The Morgan fingerprint density at radius 1 is 0.952 bits per heavy atom. The molecule has 1 heterocycles. The third-order valence-electron chi connectivity index (χ3n) is 3.44. The van der Waals surface area contributed by atoms with Crippen molar-refractivity contribution in [3.8, 4) is 0 Å². The number of hydrogen-bond acceptors (Lipinski definition) is 3. The monoisotopic (exact) mass is 351 g/mol. The van der Waals surface area contributed by atoms with Crippen molar-refractivity contribution in [1.82, 2.24) is 5.32 Å². The summed E-state index contributed by atoms with van der Waals surface area (Å²) in [5.41, 5.74) is 3.27. The lowest BCUT2D eigenvalue weighted by Gasteiger charge is -2.31. The van der Waals surface area contributed by atoms with Gasteiger partial charge in [-0.05, 0) is 45.4 Å². The van der Waals surface area contributed by atoms with Gasteiger partial charge >= 0.3 is 0 Å². The second kappa shape index (κ2) is 7.03. The molecule has 0 bridgehead atoms. The fourth-order valence-electron chi connectivity index (χ4n) is 2.61. The Morgan fingerprint density at radius 2 is 1.43 bits per heavy atom. The van der Waals surface area contributed by atoms with E-state index in [4.69, 9.17) is 9.47 Å². The summed E-state index contributed by atoms with van der Waals surface area (Å²) in [7, 11) is 0. The average molecular weight is 352 g/mol. The Labute approximate surface area is 135 Å². The van der Waals surface area contributed by atoms with Crippen LogP contribution in [-0.4, -0.2) is 13.2 Å². The largest absolute Gasteiger partial charge is 0.495 e. The molecule has 1 aliphatic rings. The van der Waals surface area contributed by atoms with Gasteiger partial charge in [0.1, 0.15) is 17.4 Å². The Balaban J connectivity index is 2.50. The fraction of sp³-hybridized carbons (Fsp3) is 0.412. The van der Waals surface area contributed by atoms with E-state index in [1.807, 2.05) is 27.7 Å². The number of dihydropyridines is 1. The van der Waals surface area contributed by atoms with Gasteiger partial charge in [0.2, 0.25) is 0 Å². The zero-order chi connectivity index (χ0) is 15.4. The van der Waals surface area contributed by atoms with Gasteiger partial charge in [-0.3, -0.25) is 0 Å². The third kappa shape index (κ3) is 3.43. The third-order valence-corrected chi connectivity index (χ3v) is 3.97. The van der Waals surface area contributed by atoms with Crippen LogP contribution in [0.1, 0.15) is 39.2 Å². The molecule has 0 atom stereocenters. The van der Waals surface area contributed by atoms with E-state index in [-0.39, 0.29) is 5.92 Å². The standard InChI is InChI=1S/C17H22BrNO2/c1-5-20-16-11(3)19-12(4)17(21-6-2)15(16)13-7-9-14(18)10-8-13/h7-10,15,19H,5-6H2,1-4H3. The molecule has 0 unspecified atom stereocenters. The van der Waals surface area contributed by atoms with E-state index in [1.165, 1.54) is 5.56 Å². The predicted molar refractivity (Wildman–Crippen MR) is 88.7 cm³/mol. The lowest BCUT2D eigenvalue weighted by atomic mass is 9.90. The van der Waals surface area contributed by atoms with Crippen molar-refractivity contribution in [2.75, 3.05) is 13.2 Å². The van der Waals surface area contributed by atoms with Crippen LogP contribution in [0.2, 0.25) is 0 Å². The van der Waals surface area contributed by atoms with Crippen LogP contribution in [0.25, 0.3) is 0 Å². The smallest absolute Gasteiger partial charge is 0.130 e. The van der Waals surface area contributed by atoms with Crippen LogP contribution >= 0.6 is 15.9 Å². The topological polar surface area (TPSA) is 30.5 Å². The Kier molecular flexibility index (Phi) is 5.34. The summed E-state index contributed by atoms with van der Waals surface area (Å²) in [6.07, 6.45) is 0. The summed E-state index contributed by atoms with van der Waals surface area (Å²) >= 11 is 3.49. The van der Waals surface area contributed by atoms with E-state index in [0.717, 1.165) is 27.4 Å². The van der Waals surface area contributed by atoms with Crippen molar-refractivity contribution in [3.63, 3.8) is 0 Å². The minimum atomic E-state index is 0.0132. The first kappa shape index (κ1) is 16.0. The summed E-state index contributed by atoms with van der Waals surface area (Å²) in [6.45, 7) is 9.38. The Bertz CT molecular complexity index is 533. The minimum absolute atomic E-state index is 0.0132. The summed E-state index contributed by atoms with van der Waals surface area (Å²) in [6, 6.07) is 8.32. The number of allylic oxidation sites excluding steroid dienone is 2. The molecule has 0 saturated carbocycles. The first-order valence-corrected chi connectivity index (χ1v) is 8.07. The number of ether oxygens (including phenoxy) is 2. The SMILES string of the molecule is CCOC1=C(C)NC(C)=C(OCC)C1c1ccc(Br)cc1. The van der Waals surface area contributed by atoms with E-state index in [2.05, 4.69) is 45.5 Å². The fourth-order valence-corrected chi connectivity index (χ4v) is 2.87. The molecule has 0 amide bonds. The van der Waals surface area contributed by atoms with Crippen molar-refractivity contribution >= 4 is 15.9 Å². The van der Waals surface area contributed by atoms with Crippen LogP contribution in [0.5, 0.6) is 0 Å². The van der Waals surface area contributed by atoms with Gasteiger partial charge in [-0.1, -0.05) is 28.1 Å². The molecular formula is C17H22BrNO2. The molecule has 0 aromatic heterocycles. The van der Waals surface area contributed by atoms with Gasteiger partial charge in [-0.2, -0.15) is 0 Å². The molecule has 21 heavy (non-hydrogen) atoms. The lowest BCUT2D eigenvalue weighted by Crippen LogP contribution is -2.27. The maximum Gasteiger partial charge on any atom is 0.130 e. The molecule has 114 valence electrons. The van der Waals surface area contributed by atoms with Crippen molar-refractivity contribution in [3.05, 3.63) is 57.2 Å². The Morgan fingerprint density at radius 3 is 1.86 bits per heavy atom. The highest BCUT2D eigenvalue weighted by molar-refractivity contribution is 9.10. The highest BCUT2D eigenvalue weighted by Gasteiger charge is 2.31. The maximum absolute atomic E-state index is 5.91. The second-order valence-corrected chi connectivity index (χ2v) is 5.87. The van der Waals surface area contributed by atoms with E-state index >= 15 is 0 Å². The van der Waals surface area contributed by atoms with E-state index in [1.54, 1.807) is 0 Å². The summed E-state index contributed by atoms with van der Waals surface area (Å²) in [5, 5.41) is 3.36. The first-order valence-electron chi connectivity index (χ1n) is 7.28. The predicted octanol–water partition coefficient (Wildman–Crippen LogP) is 4.67. The molecule has 0 spiro atoms. The van der Waals surface area contributed by atoms with Crippen molar-refractivity contribution < 1.29 is 9.47 Å². The van der Waals surface area contributed by atoms with Crippen LogP contribution in [0.4, 0.5) is 0 Å². The zero-order valence-electron chi connectivity index (χ0n) is 13.0. The van der Waals surface area contributed by atoms with Crippen LogP contribution in [0, 0.1) is 0 Å². The molecule has 0 aliphatic carbocycles. The number of hydrogen-bond donors (Lipinski definition) is 1. The average Bonchev–Trinajstić information content (AvgIpc) is 2.46. The number of nitrogens with one attached hydrogen (secondary N) is 1. The van der Waals surface area contributed by atoms with Gasteiger partial charge in [-0.15, -0.1) is 0 Å². The minimum Gasteiger partial charge on any atom is -0.495 e. The van der Waals surface area contributed by atoms with Gasteiger partial charge in [0, 0.05) is 4.47 Å². The maximum atomic E-state index is 5.91. The molecule has 1 aliphatic heterocycles. The van der Waals surface area contributed by atoms with Gasteiger partial charge in [0.25, 0.3) is 0 Å². The van der Waals surface area contributed by atoms with Gasteiger partial charge in [0.15, 0.2) is 0 Å². The Hall–Kier alpha value is -1.42. The first-order chi connectivity index (χ1) is 10.1. The lowest BCUT2D eigenvalue weighted by molar-refractivity contribution is 0.157. The molecule has 3 nitrogen and oxygen atoms in total. The van der Waals surface area contributed by atoms with E-state index in [9.17, 15) is 0 Å². The van der Waals surface area contributed by atoms with Crippen LogP contribution < -0.4 is 5.32 Å². The number of rotatable bonds is 5. The van der Waals surface area contributed by atoms with Crippen LogP contribution in [0.3, 0.4) is 0 Å². The highest BCUT2D eigenvalue weighted by Crippen LogP contribution is 2.39. The molecule has 2 rings (SSSR count). The second-order valence-electron chi connectivity index (χ2n) is 4.95. The summed E-state index contributed by atoms with van der Waals surface area (Å²) < 4.78 is 12.9. The van der Waals surface area contributed by atoms with Crippen LogP contribution in [0.15, 0.2) is 51.7 Å². The number of halogens is 1. The number of benzene rings is 1. The van der Waals surface area contributed by atoms with Gasteiger partial charge in [-0.25, -0.2) is 0 Å². The van der Waals surface area contributed by atoms with E-state index < -0.39 is 0 Å². The highest BCUT2D eigenvalue weighted by atomic mass is 79.9. The van der Waals surface area contributed by atoms with Crippen LogP contribution in [-0.2, 0) is 9.47 Å². The normalized spacial score (nSPS) is 16.0.